The minimum absolute atomic E-state index is 0.142. The van der Waals surface area contributed by atoms with Crippen LogP contribution in [0.4, 0.5) is 5.13 Å². The number of hydrogen-bond donors (Lipinski definition) is 0. The van der Waals surface area contributed by atoms with E-state index < -0.39 is 0 Å². The van der Waals surface area contributed by atoms with Gasteiger partial charge in [0.15, 0.2) is 5.13 Å². The summed E-state index contributed by atoms with van der Waals surface area (Å²) in [4.78, 5) is 30.2. The highest BCUT2D eigenvalue weighted by atomic mass is 32.1. The van der Waals surface area contributed by atoms with Crippen molar-refractivity contribution in [2.24, 2.45) is 0 Å². The van der Waals surface area contributed by atoms with Gasteiger partial charge in [-0.25, -0.2) is 4.98 Å². The molecule has 0 aliphatic carbocycles. The topological polar surface area (TPSA) is 52.6 Å². The van der Waals surface area contributed by atoms with Gasteiger partial charge in [0.1, 0.15) is 4.83 Å². The summed E-state index contributed by atoms with van der Waals surface area (Å²) in [6.45, 7) is 10.4. The molecule has 1 saturated heterocycles. The smallest absolute Gasteiger partial charge is 0.264 e. The third-order valence-electron chi connectivity index (χ3n) is 5.14. The normalized spacial score (nSPS) is 15.3. The van der Waals surface area contributed by atoms with E-state index in [-0.39, 0.29) is 5.91 Å². The highest BCUT2D eigenvalue weighted by molar-refractivity contribution is 7.29. The first kappa shape index (κ1) is 19.3. The molecule has 0 spiro atoms. The van der Waals surface area contributed by atoms with E-state index in [1.165, 1.54) is 16.9 Å². The van der Waals surface area contributed by atoms with E-state index >= 15 is 0 Å². The molecule has 28 heavy (non-hydrogen) atoms. The number of aromatic nitrogens is 2. The number of carbonyl (C=O) groups is 1. The molecule has 1 aliphatic heterocycles. The second-order valence-corrected chi connectivity index (χ2v) is 8.91. The molecule has 1 amide bonds. The van der Waals surface area contributed by atoms with Crippen molar-refractivity contribution in [2.75, 3.05) is 44.2 Å². The SMILES string of the molecule is CCN(CC)c1nc2sc(C(=O)N3CCN(Cc4ccncc4)CC3)cc2s1. The van der Waals surface area contributed by atoms with Crippen LogP contribution in [0.15, 0.2) is 30.6 Å². The molecule has 0 radical (unpaired) electrons. The minimum atomic E-state index is 0.142. The maximum Gasteiger partial charge on any atom is 0.264 e. The van der Waals surface area contributed by atoms with Crippen molar-refractivity contribution < 1.29 is 4.79 Å². The molecule has 0 N–H and O–H groups in total. The number of nitrogens with zero attached hydrogens (tertiary/aromatic N) is 5. The molecule has 8 heteroatoms. The standard InChI is InChI=1S/C20H25N5OS2/c1-3-24(4-2)20-22-18-16(28-20)13-17(27-18)19(26)25-11-9-23(10-12-25)14-15-5-7-21-8-6-15/h5-8,13H,3-4,9-12,14H2,1-2H3. The molecule has 6 nitrogen and oxygen atoms in total. The number of anilines is 1. The van der Waals surface area contributed by atoms with Crippen molar-refractivity contribution in [2.45, 2.75) is 20.4 Å². The third kappa shape index (κ3) is 4.04. The average Bonchev–Trinajstić information content (AvgIpc) is 3.29. The number of thiophene rings is 1. The van der Waals surface area contributed by atoms with Gasteiger partial charge in [0.2, 0.25) is 0 Å². The second kappa shape index (κ2) is 8.55. The maximum absolute atomic E-state index is 12.9. The first-order valence-electron chi connectivity index (χ1n) is 9.73. The van der Waals surface area contributed by atoms with Gasteiger partial charge in [-0.2, -0.15) is 0 Å². The van der Waals surface area contributed by atoms with E-state index in [0.717, 1.165) is 65.4 Å². The lowest BCUT2D eigenvalue weighted by Crippen LogP contribution is -2.48. The third-order valence-corrected chi connectivity index (χ3v) is 7.35. The Balaban J connectivity index is 1.38. The fourth-order valence-corrected chi connectivity index (χ4v) is 5.78. The number of carbonyl (C=O) groups excluding carboxylic acids is 1. The van der Waals surface area contributed by atoms with E-state index in [1.807, 2.05) is 23.4 Å². The average molecular weight is 416 g/mol. The Kier molecular flexibility index (Phi) is 5.89. The number of pyridine rings is 1. The zero-order valence-electron chi connectivity index (χ0n) is 16.3. The molecular weight excluding hydrogens is 390 g/mol. The molecule has 3 aromatic heterocycles. The molecule has 4 heterocycles. The zero-order valence-corrected chi connectivity index (χ0v) is 17.9. The van der Waals surface area contributed by atoms with Gasteiger partial charge < -0.3 is 9.80 Å². The predicted molar refractivity (Wildman–Crippen MR) is 116 cm³/mol. The van der Waals surface area contributed by atoms with Crippen LogP contribution >= 0.6 is 22.7 Å². The molecule has 0 unspecified atom stereocenters. The summed E-state index contributed by atoms with van der Waals surface area (Å²) >= 11 is 3.20. The number of hydrogen-bond acceptors (Lipinski definition) is 7. The van der Waals surface area contributed by atoms with Crippen LogP contribution in [0.2, 0.25) is 0 Å². The van der Waals surface area contributed by atoms with Gasteiger partial charge in [-0.15, -0.1) is 11.3 Å². The summed E-state index contributed by atoms with van der Waals surface area (Å²) < 4.78 is 1.12. The van der Waals surface area contributed by atoms with Gasteiger partial charge >= 0.3 is 0 Å². The largest absolute Gasteiger partial charge is 0.349 e. The number of thiazole rings is 1. The van der Waals surface area contributed by atoms with E-state index in [2.05, 4.69) is 40.8 Å². The van der Waals surface area contributed by atoms with Gasteiger partial charge in [0, 0.05) is 58.2 Å². The number of fused-ring (bicyclic) bond motifs is 1. The van der Waals surface area contributed by atoms with Crippen molar-refractivity contribution in [1.82, 2.24) is 19.8 Å². The van der Waals surface area contributed by atoms with Gasteiger partial charge in [0.25, 0.3) is 5.91 Å². The first-order valence-corrected chi connectivity index (χ1v) is 11.4. The molecule has 1 aliphatic rings. The Hall–Kier alpha value is -2.03. The summed E-state index contributed by atoms with van der Waals surface area (Å²) in [5.74, 6) is 0.142. The molecule has 0 saturated carbocycles. The summed E-state index contributed by atoms with van der Waals surface area (Å²) in [6.07, 6.45) is 3.66. The van der Waals surface area contributed by atoms with Crippen LogP contribution in [0.5, 0.6) is 0 Å². The van der Waals surface area contributed by atoms with E-state index in [9.17, 15) is 4.79 Å². The minimum Gasteiger partial charge on any atom is -0.349 e. The van der Waals surface area contributed by atoms with Gasteiger partial charge in [-0.05, 0) is 37.6 Å². The van der Waals surface area contributed by atoms with Crippen molar-refractivity contribution in [3.8, 4) is 0 Å². The highest BCUT2D eigenvalue weighted by Crippen LogP contribution is 2.35. The highest BCUT2D eigenvalue weighted by Gasteiger charge is 2.24. The zero-order chi connectivity index (χ0) is 19.5. The summed E-state index contributed by atoms with van der Waals surface area (Å²) in [5.41, 5.74) is 1.27. The molecule has 1 fully saturated rings. The molecule has 3 aromatic rings. The van der Waals surface area contributed by atoms with Gasteiger partial charge in [-0.1, -0.05) is 11.3 Å². The van der Waals surface area contributed by atoms with Crippen LogP contribution in [0.25, 0.3) is 9.53 Å². The summed E-state index contributed by atoms with van der Waals surface area (Å²) in [6, 6.07) is 6.13. The first-order chi connectivity index (χ1) is 13.7. The van der Waals surface area contributed by atoms with Crippen molar-refractivity contribution in [1.29, 1.82) is 0 Å². The van der Waals surface area contributed by atoms with Crippen LogP contribution in [0.3, 0.4) is 0 Å². The second-order valence-electron chi connectivity index (χ2n) is 6.87. The Bertz CT molecular complexity index is 895. The lowest BCUT2D eigenvalue weighted by Gasteiger charge is -2.34. The summed E-state index contributed by atoms with van der Waals surface area (Å²) in [7, 11) is 0. The quantitative estimate of drug-likeness (QED) is 0.616. The van der Waals surface area contributed by atoms with E-state index in [4.69, 9.17) is 4.98 Å². The van der Waals surface area contributed by atoms with Crippen LogP contribution in [0.1, 0.15) is 29.1 Å². The number of rotatable bonds is 6. The predicted octanol–water partition coefficient (Wildman–Crippen LogP) is 3.56. The molecule has 0 aromatic carbocycles. The van der Waals surface area contributed by atoms with Crippen LogP contribution in [-0.4, -0.2) is 64.9 Å². The monoisotopic (exact) mass is 415 g/mol. The van der Waals surface area contributed by atoms with Gasteiger partial charge in [-0.3, -0.25) is 14.7 Å². The molecule has 0 bridgehead atoms. The molecule has 0 atom stereocenters. The summed E-state index contributed by atoms with van der Waals surface area (Å²) in [5, 5.41) is 1.05. The number of piperazine rings is 1. The van der Waals surface area contributed by atoms with E-state index in [0.29, 0.717) is 0 Å². The van der Waals surface area contributed by atoms with Crippen LogP contribution in [-0.2, 0) is 6.54 Å². The lowest BCUT2D eigenvalue weighted by molar-refractivity contribution is 0.0633. The van der Waals surface area contributed by atoms with E-state index in [1.54, 1.807) is 11.3 Å². The van der Waals surface area contributed by atoms with Crippen molar-refractivity contribution in [3.63, 3.8) is 0 Å². The number of amides is 1. The van der Waals surface area contributed by atoms with Gasteiger partial charge in [0.05, 0.1) is 9.58 Å². The Morgan fingerprint density at radius 1 is 1.11 bits per heavy atom. The fraction of sp³-hybridized carbons (Fsp3) is 0.450. The van der Waals surface area contributed by atoms with Crippen molar-refractivity contribution in [3.05, 3.63) is 41.0 Å². The fourth-order valence-electron chi connectivity index (χ4n) is 3.47. The Labute approximate surface area is 173 Å². The van der Waals surface area contributed by atoms with Crippen LogP contribution < -0.4 is 4.90 Å². The maximum atomic E-state index is 12.9. The molecular formula is C20H25N5OS2. The Morgan fingerprint density at radius 3 is 2.46 bits per heavy atom. The lowest BCUT2D eigenvalue weighted by atomic mass is 10.2. The molecule has 148 valence electrons. The van der Waals surface area contributed by atoms with Crippen LogP contribution in [0, 0.1) is 0 Å². The Morgan fingerprint density at radius 2 is 1.82 bits per heavy atom. The van der Waals surface area contributed by atoms with Crippen molar-refractivity contribution >= 4 is 43.2 Å². The molecule has 4 rings (SSSR count).